The first-order chi connectivity index (χ1) is 14.5. The second-order valence-electron chi connectivity index (χ2n) is 8.80. The van der Waals surface area contributed by atoms with Gasteiger partial charge in [-0.3, -0.25) is 4.79 Å². The number of ether oxygens (including phenoxy) is 1. The molecule has 30 heavy (non-hydrogen) atoms. The molecule has 4 rings (SSSR count). The molecule has 5 heteroatoms. The summed E-state index contributed by atoms with van der Waals surface area (Å²) < 4.78 is 7.91. The van der Waals surface area contributed by atoms with Gasteiger partial charge in [-0.25, -0.2) is 0 Å². The van der Waals surface area contributed by atoms with Crippen molar-refractivity contribution in [3.63, 3.8) is 0 Å². The molecule has 5 nitrogen and oxygen atoms in total. The summed E-state index contributed by atoms with van der Waals surface area (Å²) in [5, 5.41) is 3.25. The number of carbonyl (C=O) groups is 1. The maximum Gasteiger partial charge on any atom is 0.244 e. The lowest BCUT2D eigenvalue weighted by Gasteiger charge is -2.28. The van der Waals surface area contributed by atoms with Crippen LogP contribution in [0.2, 0.25) is 0 Å². The Kier molecular flexibility index (Phi) is 6.40. The summed E-state index contributed by atoms with van der Waals surface area (Å²) in [6, 6.07) is 11.3. The predicted octanol–water partition coefficient (Wildman–Crippen LogP) is 2.53. The van der Waals surface area contributed by atoms with Crippen LogP contribution in [0.3, 0.4) is 0 Å². The number of hydrogen-bond donors (Lipinski definition) is 2. The van der Waals surface area contributed by atoms with Crippen molar-refractivity contribution in [2.45, 2.75) is 45.7 Å². The monoisotopic (exact) mass is 408 g/mol. The van der Waals surface area contributed by atoms with Crippen molar-refractivity contribution in [3.8, 4) is 0 Å². The van der Waals surface area contributed by atoms with Gasteiger partial charge in [0.1, 0.15) is 25.7 Å². The topological polar surface area (TPSA) is 47.7 Å². The summed E-state index contributed by atoms with van der Waals surface area (Å²) in [4.78, 5) is 14.3. The smallest absolute Gasteiger partial charge is 0.244 e. The van der Waals surface area contributed by atoms with E-state index in [-0.39, 0.29) is 11.9 Å². The molecular formula is C25H34N3O2+. The number of aryl methyl sites for hydroxylation is 2. The number of quaternary nitrogens is 1. The van der Waals surface area contributed by atoms with Crippen LogP contribution >= 0.6 is 0 Å². The van der Waals surface area contributed by atoms with Crippen LogP contribution in [0, 0.1) is 20.8 Å². The van der Waals surface area contributed by atoms with Crippen molar-refractivity contribution in [3.05, 3.63) is 64.5 Å². The average molecular weight is 409 g/mol. The average Bonchev–Trinajstić information content (AvgIpc) is 3.52. The fourth-order valence-electron chi connectivity index (χ4n) is 4.46. The molecule has 1 aliphatic carbocycles. The zero-order valence-electron chi connectivity index (χ0n) is 18.4. The van der Waals surface area contributed by atoms with E-state index in [0.717, 1.165) is 44.0 Å². The van der Waals surface area contributed by atoms with Gasteiger partial charge in [0.05, 0.1) is 13.2 Å². The summed E-state index contributed by atoms with van der Waals surface area (Å²) in [5.41, 5.74) is 6.07. The SMILES string of the molecule is Cc1ccc([C@H](C[NH+]2CCOCC2)NC(=O)/C=C/c2cc(C)n(C3CC3)c2C)cc1. The van der Waals surface area contributed by atoms with Crippen LogP contribution in [-0.2, 0) is 9.53 Å². The molecule has 160 valence electrons. The van der Waals surface area contributed by atoms with Crippen LogP contribution in [0.5, 0.6) is 0 Å². The lowest BCUT2D eigenvalue weighted by atomic mass is 10.0. The molecule has 1 amide bonds. The highest BCUT2D eigenvalue weighted by molar-refractivity contribution is 5.92. The lowest BCUT2D eigenvalue weighted by Crippen LogP contribution is -3.14. The maximum absolute atomic E-state index is 12.8. The summed E-state index contributed by atoms with van der Waals surface area (Å²) in [6.07, 6.45) is 6.18. The van der Waals surface area contributed by atoms with E-state index >= 15 is 0 Å². The third-order valence-corrected chi connectivity index (χ3v) is 6.34. The van der Waals surface area contributed by atoms with E-state index in [4.69, 9.17) is 4.74 Å². The first-order valence-corrected chi connectivity index (χ1v) is 11.2. The number of morpholine rings is 1. The van der Waals surface area contributed by atoms with Gasteiger partial charge in [-0.15, -0.1) is 0 Å². The summed E-state index contributed by atoms with van der Waals surface area (Å²) >= 11 is 0. The minimum atomic E-state index is -0.0375. The van der Waals surface area contributed by atoms with Gasteiger partial charge in [0, 0.05) is 23.5 Å². The van der Waals surface area contributed by atoms with Crippen LogP contribution < -0.4 is 10.2 Å². The zero-order valence-corrected chi connectivity index (χ0v) is 18.4. The zero-order chi connectivity index (χ0) is 21.1. The predicted molar refractivity (Wildman–Crippen MR) is 120 cm³/mol. The molecule has 0 radical (unpaired) electrons. The Morgan fingerprint density at radius 2 is 1.90 bits per heavy atom. The fraction of sp³-hybridized carbons (Fsp3) is 0.480. The van der Waals surface area contributed by atoms with Gasteiger partial charge in [0.25, 0.3) is 0 Å². The van der Waals surface area contributed by atoms with E-state index in [0.29, 0.717) is 6.04 Å². The first-order valence-electron chi connectivity index (χ1n) is 11.2. The largest absolute Gasteiger partial charge is 0.370 e. The van der Waals surface area contributed by atoms with Crippen LogP contribution in [0.15, 0.2) is 36.4 Å². The van der Waals surface area contributed by atoms with E-state index in [1.165, 1.54) is 34.7 Å². The summed E-state index contributed by atoms with van der Waals surface area (Å²) in [7, 11) is 0. The minimum absolute atomic E-state index is 0.00487. The molecule has 0 bridgehead atoms. The minimum Gasteiger partial charge on any atom is -0.370 e. The van der Waals surface area contributed by atoms with Gasteiger partial charge in [0.2, 0.25) is 5.91 Å². The molecule has 2 aromatic rings. The Bertz CT molecular complexity index is 903. The van der Waals surface area contributed by atoms with Crippen LogP contribution in [-0.4, -0.2) is 43.3 Å². The Labute approximate surface area is 179 Å². The number of benzene rings is 1. The molecular weight excluding hydrogens is 374 g/mol. The maximum atomic E-state index is 12.8. The Balaban J connectivity index is 1.46. The van der Waals surface area contributed by atoms with Crippen LogP contribution in [0.1, 0.15) is 53.0 Å². The number of nitrogens with zero attached hydrogens (tertiary/aromatic N) is 1. The second-order valence-corrected chi connectivity index (χ2v) is 8.80. The number of aromatic nitrogens is 1. The van der Waals surface area contributed by atoms with Crippen molar-refractivity contribution in [2.24, 2.45) is 0 Å². The highest BCUT2D eigenvalue weighted by Gasteiger charge is 2.26. The van der Waals surface area contributed by atoms with Crippen LogP contribution in [0.4, 0.5) is 0 Å². The van der Waals surface area contributed by atoms with E-state index in [1.807, 2.05) is 6.08 Å². The normalized spacial score (nSPS) is 18.6. The fourth-order valence-corrected chi connectivity index (χ4v) is 4.46. The van der Waals surface area contributed by atoms with E-state index in [9.17, 15) is 4.79 Å². The summed E-state index contributed by atoms with van der Waals surface area (Å²) in [6.45, 7) is 10.8. The molecule has 2 heterocycles. The van der Waals surface area contributed by atoms with E-state index < -0.39 is 0 Å². The highest BCUT2D eigenvalue weighted by Crippen LogP contribution is 2.38. The molecule has 1 saturated carbocycles. The van der Waals surface area contributed by atoms with Crippen molar-refractivity contribution in [1.29, 1.82) is 0 Å². The number of rotatable bonds is 7. The van der Waals surface area contributed by atoms with Gasteiger partial charge in [-0.2, -0.15) is 0 Å². The molecule has 2 aliphatic rings. The third kappa shape index (κ3) is 5.02. The molecule has 1 aromatic heterocycles. The molecule has 2 fully saturated rings. The van der Waals surface area contributed by atoms with Crippen molar-refractivity contribution < 1.29 is 14.4 Å². The molecule has 2 N–H and O–H groups in total. The van der Waals surface area contributed by atoms with Gasteiger partial charge in [0.15, 0.2) is 0 Å². The highest BCUT2D eigenvalue weighted by atomic mass is 16.5. The Morgan fingerprint density at radius 3 is 2.57 bits per heavy atom. The van der Waals surface area contributed by atoms with Gasteiger partial charge in [-0.1, -0.05) is 29.8 Å². The Hall–Kier alpha value is -2.37. The standard InChI is InChI=1S/C25H33N3O2/c1-18-4-6-21(7-5-18)24(17-27-12-14-30-15-13-27)26-25(29)11-8-22-16-19(2)28(20(22)3)23-9-10-23/h4-8,11,16,23-24H,9-10,12-15,17H2,1-3H3,(H,26,29)/p+1/b11-8+/t24-/m0/s1. The second kappa shape index (κ2) is 9.19. The quantitative estimate of drug-likeness (QED) is 0.692. The molecule has 1 aliphatic heterocycles. The molecule has 1 aromatic carbocycles. The van der Waals surface area contributed by atoms with E-state index in [1.54, 1.807) is 6.08 Å². The first kappa shape index (κ1) is 20.9. The van der Waals surface area contributed by atoms with Gasteiger partial charge in [-0.05, 0) is 56.9 Å². The number of amides is 1. The third-order valence-electron chi connectivity index (χ3n) is 6.34. The molecule has 1 atom stereocenters. The molecule has 0 unspecified atom stereocenters. The number of nitrogens with one attached hydrogen (secondary N) is 2. The van der Waals surface area contributed by atoms with E-state index in [2.05, 4.69) is 61.0 Å². The number of hydrogen-bond acceptors (Lipinski definition) is 2. The summed E-state index contributed by atoms with van der Waals surface area (Å²) in [5.74, 6) is -0.0375. The Morgan fingerprint density at radius 1 is 1.20 bits per heavy atom. The van der Waals surface area contributed by atoms with Crippen molar-refractivity contribution >= 4 is 12.0 Å². The van der Waals surface area contributed by atoms with Crippen molar-refractivity contribution in [2.75, 3.05) is 32.8 Å². The van der Waals surface area contributed by atoms with Gasteiger partial charge < -0.3 is 19.5 Å². The molecule has 0 spiro atoms. The number of carbonyl (C=O) groups excluding carboxylic acids is 1. The lowest BCUT2D eigenvalue weighted by molar-refractivity contribution is -0.909. The molecule has 1 saturated heterocycles. The van der Waals surface area contributed by atoms with Crippen molar-refractivity contribution in [1.82, 2.24) is 9.88 Å². The van der Waals surface area contributed by atoms with Crippen LogP contribution in [0.25, 0.3) is 6.08 Å². The van der Waals surface area contributed by atoms with Gasteiger partial charge >= 0.3 is 0 Å².